The highest BCUT2D eigenvalue weighted by Crippen LogP contribution is 2.22. The van der Waals surface area contributed by atoms with E-state index >= 15 is 0 Å². The van der Waals surface area contributed by atoms with Gasteiger partial charge in [-0.25, -0.2) is 4.79 Å². The maximum absolute atomic E-state index is 12.1. The molecule has 0 bridgehead atoms. The largest absolute Gasteiger partial charge is 0.475 e. The number of carbonyl (C=O) groups is 2. The number of nitrogens with zero attached hydrogens (tertiary/aromatic N) is 2. The smallest absolute Gasteiger partial charge is 0.374 e. The summed E-state index contributed by atoms with van der Waals surface area (Å²) in [5.41, 5.74) is -1.08. The molecule has 0 unspecified atom stereocenters. The molecule has 0 aliphatic carbocycles. The van der Waals surface area contributed by atoms with Crippen molar-refractivity contribution in [2.75, 3.05) is 26.8 Å². The van der Waals surface area contributed by atoms with Gasteiger partial charge in [0.15, 0.2) is 5.69 Å². The first-order valence-electron chi connectivity index (χ1n) is 6.17. The third kappa shape index (κ3) is 3.14. The first-order valence-corrected chi connectivity index (χ1v) is 6.17. The Bertz CT molecular complexity index is 506. The highest BCUT2D eigenvalue weighted by atomic mass is 16.5. The van der Waals surface area contributed by atoms with Crippen LogP contribution in [0.15, 0.2) is 10.6 Å². The van der Waals surface area contributed by atoms with Crippen LogP contribution < -0.4 is 0 Å². The SMILES string of the molecule is CN(CC1(O)CCOCC1)C(=O)c1cc(C(=O)O)on1. The molecule has 1 amide bonds. The molecule has 2 heterocycles. The Morgan fingerprint density at radius 2 is 2.10 bits per heavy atom. The van der Waals surface area contributed by atoms with Crippen molar-refractivity contribution in [3.05, 3.63) is 17.5 Å². The number of carboxylic acid groups (broad SMARTS) is 1. The van der Waals surface area contributed by atoms with Crippen LogP contribution in [-0.2, 0) is 4.74 Å². The zero-order valence-corrected chi connectivity index (χ0v) is 11.0. The van der Waals surface area contributed by atoms with Crippen LogP contribution in [0.25, 0.3) is 0 Å². The lowest BCUT2D eigenvalue weighted by molar-refractivity contribution is -0.0734. The number of amides is 1. The van der Waals surface area contributed by atoms with Gasteiger partial charge in [0.25, 0.3) is 5.91 Å². The van der Waals surface area contributed by atoms with Crippen molar-refractivity contribution in [1.29, 1.82) is 0 Å². The van der Waals surface area contributed by atoms with Gasteiger partial charge in [0.05, 0.1) is 5.60 Å². The van der Waals surface area contributed by atoms with Crippen molar-refractivity contribution < 1.29 is 29.1 Å². The minimum atomic E-state index is -1.29. The molecule has 0 aromatic carbocycles. The summed E-state index contributed by atoms with van der Waals surface area (Å²) in [5.74, 6) is -2.19. The predicted octanol–water partition coefficient (Wildman–Crippen LogP) is -0.0137. The van der Waals surface area contributed by atoms with Gasteiger partial charge < -0.3 is 24.4 Å². The Balaban J connectivity index is 2.02. The molecule has 1 aromatic rings. The topological polar surface area (TPSA) is 113 Å². The van der Waals surface area contributed by atoms with Crippen molar-refractivity contribution in [3.63, 3.8) is 0 Å². The van der Waals surface area contributed by atoms with E-state index in [1.807, 2.05) is 0 Å². The molecule has 8 nitrogen and oxygen atoms in total. The van der Waals surface area contributed by atoms with Crippen molar-refractivity contribution in [2.45, 2.75) is 18.4 Å². The van der Waals surface area contributed by atoms with Crippen molar-refractivity contribution >= 4 is 11.9 Å². The maximum atomic E-state index is 12.1. The number of hydrogen-bond donors (Lipinski definition) is 2. The van der Waals surface area contributed by atoms with Crippen molar-refractivity contribution in [1.82, 2.24) is 10.1 Å². The molecular weight excluding hydrogens is 268 g/mol. The monoisotopic (exact) mass is 284 g/mol. The van der Waals surface area contributed by atoms with Gasteiger partial charge in [0, 0.05) is 45.7 Å². The molecule has 0 spiro atoms. The molecule has 1 fully saturated rings. The fourth-order valence-corrected chi connectivity index (χ4v) is 2.10. The zero-order chi connectivity index (χ0) is 14.8. The zero-order valence-electron chi connectivity index (χ0n) is 11.0. The van der Waals surface area contributed by atoms with E-state index in [2.05, 4.69) is 9.68 Å². The number of hydrogen-bond acceptors (Lipinski definition) is 6. The highest BCUT2D eigenvalue weighted by Gasteiger charge is 2.33. The maximum Gasteiger partial charge on any atom is 0.374 e. The number of aromatic nitrogens is 1. The second-order valence-corrected chi connectivity index (χ2v) is 4.88. The van der Waals surface area contributed by atoms with E-state index in [0.717, 1.165) is 6.07 Å². The molecule has 20 heavy (non-hydrogen) atoms. The lowest BCUT2D eigenvalue weighted by Gasteiger charge is -2.35. The molecule has 1 aliphatic rings. The van der Waals surface area contributed by atoms with Gasteiger partial charge in [0.2, 0.25) is 5.76 Å². The molecule has 0 atom stereocenters. The highest BCUT2D eigenvalue weighted by molar-refractivity contribution is 5.94. The number of likely N-dealkylation sites (N-methyl/N-ethyl adjacent to an activating group) is 1. The van der Waals surface area contributed by atoms with Gasteiger partial charge in [-0.05, 0) is 0 Å². The molecule has 1 aromatic heterocycles. The normalized spacial score (nSPS) is 17.7. The van der Waals surface area contributed by atoms with Gasteiger partial charge in [-0.3, -0.25) is 4.79 Å². The van der Waals surface area contributed by atoms with Crippen LogP contribution in [0, 0.1) is 0 Å². The molecule has 1 saturated heterocycles. The number of carboxylic acids is 1. The third-order valence-corrected chi connectivity index (χ3v) is 3.24. The first kappa shape index (κ1) is 14.5. The average molecular weight is 284 g/mol. The van der Waals surface area contributed by atoms with E-state index in [-0.39, 0.29) is 12.2 Å². The lowest BCUT2D eigenvalue weighted by atomic mass is 9.94. The van der Waals surface area contributed by atoms with E-state index in [9.17, 15) is 14.7 Å². The van der Waals surface area contributed by atoms with Crippen LogP contribution in [0.4, 0.5) is 0 Å². The lowest BCUT2D eigenvalue weighted by Crippen LogP contribution is -2.47. The van der Waals surface area contributed by atoms with E-state index in [0.29, 0.717) is 26.1 Å². The Hall–Kier alpha value is -1.93. The van der Waals surface area contributed by atoms with E-state index in [1.165, 1.54) is 11.9 Å². The van der Waals surface area contributed by atoms with Crippen molar-refractivity contribution in [2.24, 2.45) is 0 Å². The Morgan fingerprint density at radius 3 is 2.65 bits per heavy atom. The van der Waals surface area contributed by atoms with Gasteiger partial charge in [-0.15, -0.1) is 0 Å². The van der Waals surface area contributed by atoms with E-state index in [4.69, 9.17) is 9.84 Å². The second-order valence-electron chi connectivity index (χ2n) is 4.88. The summed E-state index contributed by atoms with van der Waals surface area (Å²) in [6.45, 7) is 1.03. The number of ether oxygens (including phenoxy) is 1. The fourth-order valence-electron chi connectivity index (χ4n) is 2.10. The van der Waals surface area contributed by atoms with Crippen LogP contribution in [0.1, 0.15) is 33.9 Å². The summed E-state index contributed by atoms with van der Waals surface area (Å²) in [6, 6.07) is 1.06. The summed E-state index contributed by atoms with van der Waals surface area (Å²) >= 11 is 0. The van der Waals surface area contributed by atoms with Crippen LogP contribution >= 0.6 is 0 Å². The molecule has 1 aliphatic heterocycles. The summed E-state index contributed by atoms with van der Waals surface area (Å²) < 4.78 is 9.70. The molecular formula is C12H16N2O6. The number of aromatic carboxylic acids is 1. The van der Waals surface area contributed by atoms with Gasteiger partial charge in [-0.1, -0.05) is 5.16 Å². The number of rotatable bonds is 4. The number of aliphatic hydroxyl groups is 1. The van der Waals surface area contributed by atoms with Gasteiger partial charge >= 0.3 is 5.97 Å². The quantitative estimate of drug-likeness (QED) is 0.799. The molecule has 8 heteroatoms. The Morgan fingerprint density at radius 1 is 1.45 bits per heavy atom. The third-order valence-electron chi connectivity index (χ3n) is 3.24. The molecule has 110 valence electrons. The van der Waals surface area contributed by atoms with Crippen LogP contribution in [0.2, 0.25) is 0 Å². The summed E-state index contributed by atoms with van der Waals surface area (Å²) in [6.07, 6.45) is 0.896. The first-order chi connectivity index (χ1) is 9.41. The van der Waals surface area contributed by atoms with E-state index < -0.39 is 23.2 Å². The van der Waals surface area contributed by atoms with Crippen LogP contribution in [-0.4, -0.2) is 64.6 Å². The molecule has 0 radical (unpaired) electrons. The van der Waals surface area contributed by atoms with Crippen LogP contribution in [0.5, 0.6) is 0 Å². The molecule has 2 rings (SSSR count). The van der Waals surface area contributed by atoms with Crippen LogP contribution in [0.3, 0.4) is 0 Å². The standard InChI is InChI=1S/C12H16N2O6/c1-14(7-12(18)2-4-19-5-3-12)10(15)8-6-9(11(16)17)20-13-8/h6,18H,2-5,7H2,1H3,(H,16,17). The predicted molar refractivity (Wildman–Crippen MR) is 65.4 cm³/mol. The molecule has 0 saturated carbocycles. The van der Waals surface area contributed by atoms with Crippen molar-refractivity contribution in [3.8, 4) is 0 Å². The summed E-state index contributed by atoms with van der Waals surface area (Å²) in [5, 5.41) is 22.4. The summed E-state index contributed by atoms with van der Waals surface area (Å²) in [4.78, 5) is 24.0. The van der Waals surface area contributed by atoms with E-state index in [1.54, 1.807) is 0 Å². The number of carbonyl (C=O) groups excluding carboxylic acids is 1. The Labute approximate surface area is 114 Å². The van der Waals surface area contributed by atoms with Gasteiger partial charge in [0.1, 0.15) is 0 Å². The summed E-state index contributed by atoms with van der Waals surface area (Å²) in [7, 11) is 1.52. The average Bonchev–Trinajstić information content (AvgIpc) is 2.87. The Kier molecular flexibility index (Phi) is 4.05. The molecule has 2 N–H and O–H groups in total. The fraction of sp³-hybridized carbons (Fsp3) is 0.583. The minimum absolute atomic E-state index is 0.0967. The second kappa shape index (κ2) is 5.59. The van der Waals surface area contributed by atoms with Gasteiger partial charge in [-0.2, -0.15) is 0 Å². The minimum Gasteiger partial charge on any atom is -0.475 e.